The lowest BCUT2D eigenvalue weighted by Crippen LogP contribution is -2.20. The number of nitrogens with zero attached hydrogens (tertiary/aromatic N) is 2. The van der Waals surface area contributed by atoms with Crippen LogP contribution in [0.2, 0.25) is 0 Å². The molecular weight excluding hydrogens is 280 g/mol. The van der Waals surface area contributed by atoms with E-state index in [2.05, 4.69) is 89.9 Å². The van der Waals surface area contributed by atoms with E-state index in [0.717, 1.165) is 11.4 Å². The van der Waals surface area contributed by atoms with Gasteiger partial charge in [0.1, 0.15) is 0 Å². The van der Waals surface area contributed by atoms with Crippen LogP contribution in [0, 0.1) is 0 Å². The Morgan fingerprint density at radius 2 is 1.09 bits per heavy atom. The Kier molecular flexibility index (Phi) is 3.47. The second-order valence-electron chi connectivity index (χ2n) is 8.58. The smallest absolute Gasteiger partial charge is 0.0877 e. The van der Waals surface area contributed by atoms with Gasteiger partial charge in [0, 0.05) is 7.05 Å². The summed E-state index contributed by atoms with van der Waals surface area (Å²) < 4.78 is 0. The monoisotopic (exact) mass is 307 g/mol. The fraction of sp³-hybridized carbons (Fsp3) is 0.429. The van der Waals surface area contributed by atoms with E-state index in [4.69, 9.17) is 5.32 Å². The molecule has 3 rings (SSSR count). The minimum absolute atomic E-state index is 0.136. The van der Waals surface area contributed by atoms with Crippen LogP contribution in [0.25, 0.3) is 0 Å². The first-order valence-corrected chi connectivity index (χ1v) is 8.32. The Morgan fingerprint density at radius 1 is 0.696 bits per heavy atom. The van der Waals surface area contributed by atoms with E-state index in [9.17, 15) is 0 Å². The summed E-state index contributed by atoms with van der Waals surface area (Å²) in [7, 11) is 2.12. The fourth-order valence-electron chi connectivity index (χ4n) is 2.99. The van der Waals surface area contributed by atoms with Gasteiger partial charge in [-0.1, -0.05) is 53.7 Å². The highest BCUT2D eigenvalue weighted by Crippen LogP contribution is 2.45. The Balaban J connectivity index is 2.08. The summed E-state index contributed by atoms with van der Waals surface area (Å²) in [6.45, 7) is 13.5. The Morgan fingerprint density at radius 3 is 1.43 bits per heavy atom. The molecule has 0 unspecified atom stereocenters. The van der Waals surface area contributed by atoms with Crippen molar-refractivity contribution in [2.24, 2.45) is 0 Å². The molecule has 0 atom stereocenters. The van der Waals surface area contributed by atoms with Crippen LogP contribution in [0.5, 0.6) is 0 Å². The summed E-state index contributed by atoms with van der Waals surface area (Å²) in [4.78, 5) is 2.25. The molecule has 0 aromatic heterocycles. The quantitative estimate of drug-likeness (QED) is 0.589. The van der Waals surface area contributed by atoms with Crippen LogP contribution in [-0.2, 0) is 10.8 Å². The highest BCUT2D eigenvalue weighted by Gasteiger charge is 2.25. The molecular formula is C21H27N2. The number of benzene rings is 2. The summed E-state index contributed by atoms with van der Waals surface area (Å²) >= 11 is 0. The van der Waals surface area contributed by atoms with Crippen molar-refractivity contribution in [1.82, 2.24) is 5.32 Å². The van der Waals surface area contributed by atoms with E-state index in [1.807, 2.05) is 0 Å². The average molecular weight is 307 g/mol. The molecule has 0 bridgehead atoms. The molecule has 2 heteroatoms. The molecule has 0 amide bonds. The van der Waals surface area contributed by atoms with Gasteiger partial charge in [-0.3, -0.25) is 0 Å². The van der Waals surface area contributed by atoms with Crippen LogP contribution in [0.15, 0.2) is 36.4 Å². The Bertz CT molecular complexity index is 682. The van der Waals surface area contributed by atoms with E-state index < -0.39 is 0 Å². The highest BCUT2D eigenvalue weighted by atomic mass is 15.2. The molecule has 0 fully saturated rings. The maximum absolute atomic E-state index is 4.97. The van der Waals surface area contributed by atoms with Gasteiger partial charge in [0.05, 0.1) is 22.7 Å². The zero-order valence-corrected chi connectivity index (χ0v) is 15.4. The molecule has 2 aromatic carbocycles. The van der Waals surface area contributed by atoms with Crippen molar-refractivity contribution < 1.29 is 0 Å². The van der Waals surface area contributed by atoms with E-state index in [-0.39, 0.29) is 10.8 Å². The van der Waals surface area contributed by atoms with Gasteiger partial charge in [-0.15, -0.1) is 0 Å². The molecule has 1 heterocycles. The summed E-state index contributed by atoms with van der Waals surface area (Å²) in [5.74, 6) is 0. The molecule has 2 aromatic rings. The van der Waals surface area contributed by atoms with Gasteiger partial charge in [0.2, 0.25) is 0 Å². The van der Waals surface area contributed by atoms with Gasteiger partial charge >= 0.3 is 0 Å². The fourth-order valence-corrected chi connectivity index (χ4v) is 2.99. The van der Waals surface area contributed by atoms with Crippen LogP contribution in [0.3, 0.4) is 0 Å². The predicted octanol–water partition coefficient (Wildman–Crippen LogP) is 5.93. The van der Waals surface area contributed by atoms with E-state index >= 15 is 0 Å². The minimum atomic E-state index is 0.136. The molecule has 1 aliphatic rings. The molecule has 2 nitrogen and oxygen atoms in total. The van der Waals surface area contributed by atoms with Crippen molar-refractivity contribution in [3.05, 3.63) is 47.5 Å². The van der Waals surface area contributed by atoms with Crippen molar-refractivity contribution in [3.63, 3.8) is 0 Å². The number of rotatable bonds is 0. The lowest BCUT2D eigenvalue weighted by molar-refractivity contribution is 0.589. The summed E-state index contributed by atoms with van der Waals surface area (Å²) in [6.07, 6.45) is 0. The first kappa shape index (κ1) is 15.9. The molecule has 0 aliphatic carbocycles. The zero-order valence-electron chi connectivity index (χ0n) is 15.4. The third-order valence-corrected chi connectivity index (χ3v) is 4.65. The lowest BCUT2D eigenvalue weighted by Gasteiger charge is -2.32. The first-order valence-electron chi connectivity index (χ1n) is 8.32. The average Bonchev–Trinajstić information content (AvgIpc) is 2.44. The highest BCUT2D eigenvalue weighted by molar-refractivity contribution is 5.87. The van der Waals surface area contributed by atoms with Gasteiger partial charge in [-0.25, -0.2) is 5.32 Å². The predicted molar refractivity (Wildman–Crippen MR) is 99.8 cm³/mol. The van der Waals surface area contributed by atoms with E-state index in [1.165, 1.54) is 22.5 Å². The second kappa shape index (κ2) is 5.02. The summed E-state index contributed by atoms with van der Waals surface area (Å²) in [5, 5.41) is 4.97. The van der Waals surface area contributed by atoms with Gasteiger partial charge < -0.3 is 4.90 Å². The van der Waals surface area contributed by atoms with E-state index in [1.54, 1.807) is 0 Å². The Labute approximate surface area is 140 Å². The van der Waals surface area contributed by atoms with Crippen molar-refractivity contribution in [2.75, 3.05) is 11.9 Å². The SMILES string of the molecule is CN1c2ccc(C(C)(C)C)cc2[N]c2cc(C(C)(C)C)ccc21. The normalized spacial score (nSPS) is 14.1. The lowest BCUT2D eigenvalue weighted by atomic mass is 9.85. The zero-order chi connectivity index (χ0) is 17.0. The van der Waals surface area contributed by atoms with Crippen LogP contribution < -0.4 is 10.2 Å². The number of anilines is 2. The molecule has 1 radical (unpaired) electrons. The van der Waals surface area contributed by atoms with Gasteiger partial charge in [0.15, 0.2) is 0 Å². The number of fused-ring (bicyclic) bond motifs is 2. The second-order valence-corrected chi connectivity index (χ2v) is 8.58. The molecule has 0 saturated heterocycles. The summed E-state index contributed by atoms with van der Waals surface area (Å²) in [6, 6.07) is 13.3. The molecule has 23 heavy (non-hydrogen) atoms. The molecule has 0 saturated carbocycles. The van der Waals surface area contributed by atoms with Crippen molar-refractivity contribution in [3.8, 4) is 0 Å². The van der Waals surface area contributed by atoms with Gasteiger partial charge in [0.25, 0.3) is 0 Å². The van der Waals surface area contributed by atoms with E-state index in [0.29, 0.717) is 0 Å². The maximum atomic E-state index is 4.97. The largest absolute Gasteiger partial charge is 0.341 e. The van der Waals surface area contributed by atoms with Crippen molar-refractivity contribution in [1.29, 1.82) is 0 Å². The third kappa shape index (κ3) is 2.83. The molecule has 121 valence electrons. The minimum Gasteiger partial charge on any atom is -0.341 e. The van der Waals surface area contributed by atoms with Crippen molar-refractivity contribution in [2.45, 2.75) is 52.4 Å². The van der Waals surface area contributed by atoms with Crippen LogP contribution in [-0.4, -0.2) is 7.05 Å². The molecule has 0 N–H and O–H groups in total. The van der Waals surface area contributed by atoms with Crippen LogP contribution >= 0.6 is 0 Å². The van der Waals surface area contributed by atoms with Gasteiger partial charge in [-0.05, 0) is 46.2 Å². The first-order chi connectivity index (χ1) is 10.6. The van der Waals surface area contributed by atoms with Gasteiger partial charge in [-0.2, -0.15) is 0 Å². The van der Waals surface area contributed by atoms with Crippen LogP contribution in [0.1, 0.15) is 52.7 Å². The van der Waals surface area contributed by atoms with Crippen LogP contribution in [0.4, 0.5) is 22.7 Å². The number of hydrogen-bond donors (Lipinski definition) is 0. The molecule has 1 aliphatic heterocycles. The Hall–Kier alpha value is -1.96. The number of hydrogen-bond acceptors (Lipinski definition) is 1. The van der Waals surface area contributed by atoms with Crippen molar-refractivity contribution >= 4 is 22.7 Å². The topological polar surface area (TPSA) is 17.3 Å². The standard InChI is InChI=1S/C21H27N2/c1-20(2,3)14-8-10-18-16(12-14)22-17-13-15(21(4,5)6)9-11-19(17)23(18)7/h8-13H,1-7H3. The summed E-state index contributed by atoms with van der Waals surface area (Å²) in [5.41, 5.74) is 7.40. The molecule has 0 spiro atoms. The third-order valence-electron chi connectivity index (χ3n) is 4.65. The maximum Gasteiger partial charge on any atom is 0.0877 e.